The van der Waals surface area contributed by atoms with Crippen molar-refractivity contribution in [3.05, 3.63) is 99.7 Å². The highest BCUT2D eigenvalue weighted by Crippen LogP contribution is 2.31. The Morgan fingerprint density at radius 3 is 2.12 bits per heavy atom. The van der Waals surface area contributed by atoms with Gasteiger partial charge in [0.25, 0.3) is 11.8 Å². The molecule has 0 radical (unpaired) electrons. The van der Waals surface area contributed by atoms with Crippen molar-refractivity contribution < 1.29 is 23.5 Å². The van der Waals surface area contributed by atoms with Gasteiger partial charge in [-0.3, -0.25) is 19.3 Å². The molecule has 5 rings (SSSR count). The van der Waals surface area contributed by atoms with Gasteiger partial charge >= 0.3 is 5.97 Å². The van der Waals surface area contributed by atoms with Crippen molar-refractivity contribution in [1.82, 2.24) is 4.90 Å². The van der Waals surface area contributed by atoms with E-state index in [1.165, 1.54) is 12.1 Å². The smallest absolute Gasteiger partial charge is 0.331 e. The van der Waals surface area contributed by atoms with Crippen molar-refractivity contribution in [2.24, 2.45) is 0 Å². The Morgan fingerprint density at radius 2 is 1.45 bits per heavy atom. The lowest BCUT2D eigenvalue weighted by atomic mass is 10.1. The average molecular weight is 439 g/mol. The Hall–Kier alpha value is -4.52. The van der Waals surface area contributed by atoms with Gasteiger partial charge in [-0.1, -0.05) is 54.1 Å². The number of hydrogen-bond donors (Lipinski definition) is 0. The zero-order valence-corrected chi connectivity index (χ0v) is 17.5. The summed E-state index contributed by atoms with van der Waals surface area (Å²) < 4.78 is 11.4. The molecule has 1 aliphatic rings. The molecule has 4 aromatic rings. The van der Waals surface area contributed by atoms with Crippen molar-refractivity contribution in [2.45, 2.75) is 6.92 Å². The van der Waals surface area contributed by atoms with Crippen LogP contribution in [0.25, 0.3) is 22.3 Å². The molecule has 0 spiro atoms. The highest BCUT2D eigenvalue weighted by atomic mass is 16.5. The molecule has 3 aromatic carbocycles. The van der Waals surface area contributed by atoms with Gasteiger partial charge in [-0.25, -0.2) is 4.79 Å². The van der Waals surface area contributed by atoms with Crippen LogP contribution in [0.1, 0.15) is 26.3 Å². The van der Waals surface area contributed by atoms with Gasteiger partial charge < -0.3 is 9.15 Å². The number of esters is 1. The highest BCUT2D eigenvalue weighted by Gasteiger charge is 2.37. The number of carbonyl (C=O) groups excluding carboxylic acids is 3. The Morgan fingerprint density at radius 1 is 0.848 bits per heavy atom. The van der Waals surface area contributed by atoms with Gasteiger partial charge in [0.05, 0.1) is 16.5 Å². The van der Waals surface area contributed by atoms with Gasteiger partial charge in [-0.05, 0) is 31.2 Å². The summed E-state index contributed by atoms with van der Waals surface area (Å²) in [4.78, 5) is 51.9. The quantitative estimate of drug-likeness (QED) is 0.353. The number of imide groups is 1. The predicted octanol–water partition coefficient (Wildman–Crippen LogP) is 3.97. The van der Waals surface area contributed by atoms with Gasteiger partial charge in [-0.2, -0.15) is 0 Å². The van der Waals surface area contributed by atoms with E-state index in [1.54, 1.807) is 48.5 Å². The lowest BCUT2D eigenvalue weighted by molar-refractivity contribution is -0.134. The van der Waals surface area contributed by atoms with Crippen molar-refractivity contribution in [3.63, 3.8) is 0 Å². The molecule has 0 N–H and O–H groups in total. The maximum Gasteiger partial charge on any atom is 0.331 e. The Labute approximate surface area is 187 Å². The first-order chi connectivity index (χ1) is 15.9. The number of carbonyl (C=O) groups is 3. The third-order valence-corrected chi connectivity index (χ3v) is 5.45. The number of rotatable bonds is 4. The van der Waals surface area contributed by atoms with Crippen molar-refractivity contribution in [3.8, 4) is 17.1 Å². The summed E-state index contributed by atoms with van der Waals surface area (Å²) in [6.45, 7) is 1.29. The fraction of sp³-hybridized carbons (Fsp3) is 0.0769. The first kappa shape index (κ1) is 20.4. The lowest BCUT2D eigenvalue weighted by Crippen LogP contribution is -2.37. The molecule has 1 aromatic heterocycles. The van der Waals surface area contributed by atoms with Crippen LogP contribution in [0.4, 0.5) is 0 Å². The van der Waals surface area contributed by atoms with Gasteiger partial charge in [0.2, 0.25) is 11.2 Å². The van der Waals surface area contributed by atoms with E-state index in [2.05, 4.69) is 0 Å². The standard InChI is InChI=1S/C26H17NO6/c1-15-10-12-16(13-11-15)23-24(22(29)19-8-4-5-9-20(19)32-23)33-21(28)14-27-25(30)17-6-2-3-7-18(17)26(27)31/h2-13H,14H2,1H3. The van der Waals surface area contributed by atoms with Gasteiger partial charge in [0.1, 0.15) is 12.1 Å². The van der Waals surface area contributed by atoms with Crippen molar-refractivity contribution in [1.29, 1.82) is 0 Å². The molecule has 33 heavy (non-hydrogen) atoms. The predicted molar refractivity (Wildman–Crippen MR) is 120 cm³/mol. The molecule has 0 unspecified atom stereocenters. The molecule has 2 amide bonds. The van der Waals surface area contributed by atoms with Crippen LogP contribution in [0, 0.1) is 6.92 Å². The second-order valence-corrected chi connectivity index (χ2v) is 7.67. The summed E-state index contributed by atoms with van der Waals surface area (Å²) in [5.41, 5.74) is 1.82. The number of nitrogens with zero attached hydrogens (tertiary/aromatic N) is 1. The number of amides is 2. The Bertz CT molecular complexity index is 1460. The van der Waals surface area contributed by atoms with Crippen molar-refractivity contribution >= 4 is 28.8 Å². The van der Waals surface area contributed by atoms with Crippen LogP contribution < -0.4 is 10.2 Å². The van der Waals surface area contributed by atoms with E-state index in [9.17, 15) is 19.2 Å². The molecular weight excluding hydrogens is 422 g/mol. The van der Waals surface area contributed by atoms with E-state index in [0.29, 0.717) is 11.1 Å². The number of benzene rings is 3. The Balaban J connectivity index is 1.51. The van der Waals surface area contributed by atoms with Crippen molar-refractivity contribution in [2.75, 3.05) is 6.54 Å². The van der Waals surface area contributed by atoms with E-state index in [4.69, 9.17) is 9.15 Å². The zero-order valence-electron chi connectivity index (χ0n) is 17.5. The molecule has 0 saturated carbocycles. The molecule has 0 bridgehead atoms. The van der Waals surface area contributed by atoms with E-state index in [-0.39, 0.29) is 28.0 Å². The second kappa shape index (κ2) is 7.87. The lowest BCUT2D eigenvalue weighted by Gasteiger charge is -2.14. The fourth-order valence-corrected chi connectivity index (χ4v) is 3.77. The highest BCUT2D eigenvalue weighted by molar-refractivity contribution is 6.22. The zero-order chi connectivity index (χ0) is 23.1. The van der Waals surface area contributed by atoms with Gasteiger partial charge in [0, 0.05) is 5.56 Å². The van der Waals surface area contributed by atoms with Crippen LogP contribution in [-0.2, 0) is 4.79 Å². The molecule has 7 heteroatoms. The molecule has 7 nitrogen and oxygen atoms in total. The largest absolute Gasteiger partial charge is 0.452 e. The molecule has 2 heterocycles. The normalized spacial score (nSPS) is 12.8. The molecule has 1 aliphatic heterocycles. The first-order valence-electron chi connectivity index (χ1n) is 10.2. The summed E-state index contributed by atoms with van der Waals surface area (Å²) >= 11 is 0. The van der Waals surface area contributed by atoms with Gasteiger partial charge in [-0.15, -0.1) is 0 Å². The van der Waals surface area contributed by atoms with Crippen LogP contribution in [0.2, 0.25) is 0 Å². The SMILES string of the molecule is Cc1ccc(-c2oc3ccccc3c(=O)c2OC(=O)CN2C(=O)c3ccccc3C2=O)cc1. The number of aryl methyl sites for hydroxylation is 1. The minimum Gasteiger partial charge on any atom is -0.452 e. The molecule has 0 fully saturated rings. The van der Waals surface area contributed by atoms with Crippen LogP contribution in [0.15, 0.2) is 82.0 Å². The number of hydrogen-bond acceptors (Lipinski definition) is 6. The molecule has 0 atom stereocenters. The minimum atomic E-state index is -0.930. The van der Waals surface area contributed by atoms with E-state index < -0.39 is 29.8 Å². The number of fused-ring (bicyclic) bond motifs is 2. The molecule has 0 aliphatic carbocycles. The summed E-state index contributed by atoms with van der Waals surface area (Å²) in [5, 5.41) is 0.247. The summed E-state index contributed by atoms with van der Waals surface area (Å²) in [7, 11) is 0. The summed E-state index contributed by atoms with van der Waals surface area (Å²) in [6.07, 6.45) is 0. The van der Waals surface area contributed by atoms with E-state index >= 15 is 0 Å². The second-order valence-electron chi connectivity index (χ2n) is 7.67. The number of para-hydroxylation sites is 1. The average Bonchev–Trinajstić information content (AvgIpc) is 3.06. The monoisotopic (exact) mass is 439 g/mol. The van der Waals surface area contributed by atoms with Crippen LogP contribution in [0.3, 0.4) is 0 Å². The van der Waals surface area contributed by atoms with E-state index in [1.807, 2.05) is 19.1 Å². The molecule has 0 saturated heterocycles. The molecule has 162 valence electrons. The first-order valence-corrected chi connectivity index (χ1v) is 10.2. The summed E-state index contributed by atoms with van der Waals surface area (Å²) in [6, 6.07) is 20.1. The van der Waals surface area contributed by atoms with Gasteiger partial charge in [0.15, 0.2) is 5.76 Å². The van der Waals surface area contributed by atoms with Crippen LogP contribution in [0.5, 0.6) is 5.75 Å². The fourth-order valence-electron chi connectivity index (χ4n) is 3.77. The Kier molecular flexibility index (Phi) is 4.86. The minimum absolute atomic E-state index is 0.0920. The van der Waals surface area contributed by atoms with Crippen LogP contribution in [-0.4, -0.2) is 29.2 Å². The third-order valence-electron chi connectivity index (χ3n) is 5.45. The number of ether oxygens (including phenoxy) is 1. The topological polar surface area (TPSA) is 93.9 Å². The third kappa shape index (κ3) is 3.49. The van der Waals surface area contributed by atoms with E-state index in [0.717, 1.165) is 10.5 Å². The maximum absolute atomic E-state index is 13.2. The van der Waals surface area contributed by atoms with Crippen LogP contribution >= 0.6 is 0 Å². The summed E-state index contributed by atoms with van der Waals surface area (Å²) in [5.74, 6) is -2.30. The maximum atomic E-state index is 13.2. The molecular formula is C26H17NO6.